The lowest BCUT2D eigenvalue weighted by atomic mass is 10.0. The lowest BCUT2D eigenvalue weighted by Gasteiger charge is -2.36. The Hall–Kier alpha value is -0.330. The topological polar surface area (TPSA) is 35.5 Å². The summed E-state index contributed by atoms with van der Waals surface area (Å²) in [5, 5.41) is 12.1. The van der Waals surface area contributed by atoms with Crippen LogP contribution in [0.1, 0.15) is 19.8 Å². The van der Waals surface area contributed by atoms with Gasteiger partial charge in [0, 0.05) is 19.2 Å². The molecular weight excluding hydrogens is 233 g/mol. The summed E-state index contributed by atoms with van der Waals surface area (Å²) >= 11 is 0. The standard InChI is InChI=1S/C11H21F3N2O/c1-9(7-17)6-16(8-11(12,13)14)10-2-4-15-5-3-10/h9-10,15,17H,2-8H2,1H3. The molecular formula is C11H21F3N2O. The summed E-state index contributed by atoms with van der Waals surface area (Å²) in [4.78, 5) is 1.47. The Bertz CT molecular complexity index is 217. The van der Waals surface area contributed by atoms with Crippen molar-refractivity contribution in [2.24, 2.45) is 5.92 Å². The van der Waals surface area contributed by atoms with Crippen LogP contribution in [0.4, 0.5) is 13.2 Å². The molecule has 1 rings (SSSR count). The third-order valence-electron chi connectivity index (χ3n) is 3.07. The van der Waals surface area contributed by atoms with Gasteiger partial charge < -0.3 is 10.4 Å². The number of nitrogens with one attached hydrogen (secondary N) is 1. The molecule has 0 aromatic rings. The maximum Gasteiger partial charge on any atom is 0.401 e. The SMILES string of the molecule is CC(CO)CN(CC(F)(F)F)C1CCNCC1. The van der Waals surface area contributed by atoms with Crippen LogP contribution in [0.25, 0.3) is 0 Å². The molecule has 1 unspecified atom stereocenters. The molecule has 2 N–H and O–H groups in total. The van der Waals surface area contributed by atoms with Gasteiger partial charge in [0.15, 0.2) is 0 Å². The van der Waals surface area contributed by atoms with E-state index < -0.39 is 12.7 Å². The zero-order chi connectivity index (χ0) is 12.9. The van der Waals surface area contributed by atoms with Gasteiger partial charge >= 0.3 is 6.18 Å². The molecule has 0 aromatic heterocycles. The maximum atomic E-state index is 12.5. The Morgan fingerprint density at radius 1 is 1.35 bits per heavy atom. The summed E-state index contributed by atoms with van der Waals surface area (Å²) in [6.45, 7) is 2.67. The van der Waals surface area contributed by atoms with Gasteiger partial charge in [-0.15, -0.1) is 0 Å². The van der Waals surface area contributed by atoms with Crippen LogP contribution in [0.5, 0.6) is 0 Å². The summed E-state index contributed by atoms with van der Waals surface area (Å²) in [6, 6.07) is -0.0214. The second-order valence-corrected chi connectivity index (χ2v) is 4.81. The first-order chi connectivity index (χ1) is 7.92. The Balaban J connectivity index is 2.56. The van der Waals surface area contributed by atoms with E-state index in [1.165, 1.54) is 4.90 Å². The van der Waals surface area contributed by atoms with E-state index >= 15 is 0 Å². The quantitative estimate of drug-likeness (QED) is 0.774. The van der Waals surface area contributed by atoms with Gasteiger partial charge in [-0.1, -0.05) is 6.92 Å². The Kier molecular flexibility index (Phi) is 5.69. The molecule has 1 fully saturated rings. The van der Waals surface area contributed by atoms with Crippen molar-refractivity contribution in [2.45, 2.75) is 32.0 Å². The van der Waals surface area contributed by atoms with E-state index in [0.29, 0.717) is 6.54 Å². The van der Waals surface area contributed by atoms with Gasteiger partial charge in [-0.3, -0.25) is 4.90 Å². The van der Waals surface area contributed by atoms with Crippen molar-refractivity contribution < 1.29 is 18.3 Å². The molecule has 17 heavy (non-hydrogen) atoms. The third-order valence-corrected chi connectivity index (χ3v) is 3.07. The molecule has 0 bridgehead atoms. The fraction of sp³-hybridized carbons (Fsp3) is 1.00. The average Bonchev–Trinajstić information content (AvgIpc) is 2.27. The summed E-state index contributed by atoms with van der Waals surface area (Å²) in [6.07, 6.45) is -2.68. The average molecular weight is 254 g/mol. The monoisotopic (exact) mass is 254 g/mol. The predicted octanol–water partition coefficient (Wildman–Crippen LogP) is 1.23. The molecule has 6 heteroatoms. The second kappa shape index (κ2) is 6.56. The first-order valence-corrected chi connectivity index (χ1v) is 6.04. The van der Waals surface area contributed by atoms with Crippen LogP contribution >= 0.6 is 0 Å². The third kappa shape index (κ3) is 5.70. The minimum absolute atomic E-state index is 0.0214. The van der Waals surface area contributed by atoms with Crippen molar-refractivity contribution in [3.63, 3.8) is 0 Å². The van der Waals surface area contributed by atoms with Crippen LogP contribution in [0.2, 0.25) is 0 Å². The highest BCUT2D eigenvalue weighted by molar-refractivity contribution is 4.80. The van der Waals surface area contributed by atoms with E-state index in [-0.39, 0.29) is 18.6 Å². The summed E-state index contributed by atoms with van der Waals surface area (Å²) in [7, 11) is 0. The molecule has 1 aliphatic heterocycles. The van der Waals surface area contributed by atoms with Crippen molar-refractivity contribution in [1.29, 1.82) is 0 Å². The molecule has 0 radical (unpaired) electrons. The van der Waals surface area contributed by atoms with Crippen LogP contribution in [0, 0.1) is 5.92 Å². The number of nitrogens with zero attached hydrogens (tertiary/aromatic N) is 1. The van der Waals surface area contributed by atoms with Gasteiger partial charge in [0.1, 0.15) is 0 Å². The smallest absolute Gasteiger partial charge is 0.396 e. The van der Waals surface area contributed by atoms with Crippen molar-refractivity contribution >= 4 is 0 Å². The number of piperidine rings is 1. The first-order valence-electron chi connectivity index (χ1n) is 6.04. The molecule has 3 nitrogen and oxygen atoms in total. The van der Waals surface area contributed by atoms with Crippen LogP contribution in [-0.2, 0) is 0 Å². The number of halogens is 3. The number of hydrogen-bond acceptors (Lipinski definition) is 3. The number of rotatable bonds is 5. The summed E-state index contributed by atoms with van der Waals surface area (Å²) in [5.74, 6) is -0.118. The maximum absolute atomic E-state index is 12.5. The predicted molar refractivity (Wildman–Crippen MR) is 59.8 cm³/mol. The highest BCUT2D eigenvalue weighted by Crippen LogP contribution is 2.22. The summed E-state index contributed by atoms with van der Waals surface area (Å²) in [5.41, 5.74) is 0. The van der Waals surface area contributed by atoms with Crippen LogP contribution in [0.15, 0.2) is 0 Å². The van der Waals surface area contributed by atoms with E-state index in [1.54, 1.807) is 6.92 Å². The number of aliphatic hydroxyl groups excluding tert-OH is 1. The van der Waals surface area contributed by atoms with Crippen molar-refractivity contribution in [2.75, 3.05) is 32.8 Å². The van der Waals surface area contributed by atoms with E-state index in [1.807, 2.05) is 0 Å². The molecule has 1 saturated heterocycles. The van der Waals surface area contributed by atoms with Gasteiger partial charge in [-0.25, -0.2) is 0 Å². The Morgan fingerprint density at radius 2 is 1.94 bits per heavy atom. The van der Waals surface area contributed by atoms with Crippen LogP contribution in [0.3, 0.4) is 0 Å². The Labute approximate surface area is 100.0 Å². The van der Waals surface area contributed by atoms with Gasteiger partial charge in [0.2, 0.25) is 0 Å². The van der Waals surface area contributed by atoms with Gasteiger partial charge in [0.05, 0.1) is 6.54 Å². The van der Waals surface area contributed by atoms with Crippen molar-refractivity contribution in [3.05, 3.63) is 0 Å². The van der Waals surface area contributed by atoms with Crippen molar-refractivity contribution in [1.82, 2.24) is 10.2 Å². The van der Waals surface area contributed by atoms with E-state index in [2.05, 4.69) is 5.32 Å². The molecule has 0 amide bonds. The minimum Gasteiger partial charge on any atom is -0.396 e. The van der Waals surface area contributed by atoms with E-state index in [4.69, 9.17) is 5.11 Å². The molecule has 102 valence electrons. The lowest BCUT2D eigenvalue weighted by molar-refractivity contribution is -0.153. The normalized spacial score (nSPS) is 20.8. The zero-order valence-corrected chi connectivity index (χ0v) is 10.1. The number of hydrogen-bond donors (Lipinski definition) is 2. The van der Waals surface area contributed by atoms with Crippen molar-refractivity contribution in [3.8, 4) is 0 Å². The highest BCUT2D eigenvalue weighted by Gasteiger charge is 2.34. The molecule has 0 aromatic carbocycles. The molecule has 1 heterocycles. The number of aliphatic hydroxyl groups is 1. The Morgan fingerprint density at radius 3 is 2.41 bits per heavy atom. The highest BCUT2D eigenvalue weighted by atomic mass is 19.4. The molecule has 0 aliphatic carbocycles. The summed E-state index contributed by atoms with van der Waals surface area (Å²) < 4.78 is 37.5. The molecule has 1 atom stereocenters. The zero-order valence-electron chi connectivity index (χ0n) is 10.1. The fourth-order valence-corrected chi connectivity index (χ4v) is 2.20. The van der Waals surface area contributed by atoms with E-state index in [0.717, 1.165) is 25.9 Å². The van der Waals surface area contributed by atoms with Gasteiger partial charge in [0.25, 0.3) is 0 Å². The van der Waals surface area contributed by atoms with Gasteiger partial charge in [-0.05, 0) is 31.8 Å². The van der Waals surface area contributed by atoms with Gasteiger partial charge in [-0.2, -0.15) is 13.2 Å². The van der Waals surface area contributed by atoms with E-state index in [9.17, 15) is 13.2 Å². The fourth-order valence-electron chi connectivity index (χ4n) is 2.20. The van der Waals surface area contributed by atoms with Crippen LogP contribution < -0.4 is 5.32 Å². The first kappa shape index (κ1) is 14.7. The lowest BCUT2D eigenvalue weighted by Crippen LogP contribution is -2.48. The second-order valence-electron chi connectivity index (χ2n) is 4.81. The largest absolute Gasteiger partial charge is 0.401 e. The molecule has 0 spiro atoms. The van der Waals surface area contributed by atoms with Crippen LogP contribution in [-0.4, -0.2) is 55.0 Å². The number of alkyl halides is 3. The molecule has 1 aliphatic rings. The minimum atomic E-state index is -4.17. The molecule has 0 saturated carbocycles.